The maximum absolute atomic E-state index is 12.7. The summed E-state index contributed by atoms with van der Waals surface area (Å²) < 4.78 is 35.8. The Bertz CT molecular complexity index is 1460. The van der Waals surface area contributed by atoms with Crippen LogP contribution in [0.15, 0.2) is 35.5 Å². The number of fused-ring (bicyclic) bond motifs is 1. The fourth-order valence-corrected chi connectivity index (χ4v) is 6.89. The molecule has 5 rings (SSSR count). The van der Waals surface area contributed by atoms with Crippen molar-refractivity contribution in [2.75, 3.05) is 43.6 Å². The zero-order chi connectivity index (χ0) is 26.9. The minimum atomic E-state index is -2.92. The SMILES string of the molecule is CO[C@H]1CNC[C@@H](OCC2CCS(=O)(=O)CC2)[C@@H]1Nc1ncc(-c2cncc(C)c2)c2cc(C)c(=O)[nH]c12. The van der Waals surface area contributed by atoms with E-state index in [0.717, 1.165) is 22.1 Å². The maximum Gasteiger partial charge on any atom is 0.251 e. The first-order valence-corrected chi connectivity index (χ1v) is 14.8. The standard InChI is InChI=1S/C27H35N5O5S/c1-16-8-19(11-28-10-16)21-12-30-26(24-20(21)9-17(2)27(33)32-24)31-25-22(36-3)13-29-14-23(25)37-15-18-4-6-38(34,35)7-5-18/h8-12,18,22-23,25,29H,4-7,13-15H2,1-3H3,(H,30,31)(H,32,33)/t22-,23+,25+/m0/s1. The summed E-state index contributed by atoms with van der Waals surface area (Å²) >= 11 is 0. The van der Waals surface area contributed by atoms with Crippen LogP contribution in [0, 0.1) is 19.8 Å². The molecule has 38 heavy (non-hydrogen) atoms. The number of H-pyrrole nitrogens is 1. The summed E-state index contributed by atoms with van der Waals surface area (Å²) in [6.45, 7) is 5.52. The summed E-state index contributed by atoms with van der Waals surface area (Å²) in [6.07, 6.45) is 6.21. The number of pyridine rings is 3. The summed E-state index contributed by atoms with van der Waals surface area (Å²) in [6, 6.07) is 3.70. The Morgan fingerprint density at radius 1 is 1.08 bits per heavy atom. The zero-order valence-electron chi connectivity index (χ0n) is 22.0. The van der Waals surface area contributed by atoms with Gasteiger partial charge in [-0.3, -0.25) is 9.78 Å². The van der Waals surface area contributed by atoms with Crippen molar-refractivity contribution in [2.24, 2.45) is 5.92 Å². The third-order valence-corrected chi connectivity index (χ3v) is 9.30. The van der Waals surface area contributed by atoms with Gasteiger partial charge >= 0.3 is 0 Å². The van der Waals surface area contributed by atoms with Crippen molar-refractivity contribution in [1.82, 2.24) is 20.3 Å². The van der Waals surface area contributed by atoms with Crippen LogP contribution >= 0.6 is 0 Å². The predicted molar refractivity (Wildman–Crippen MR) is 147 cm³/mol. The summed E-state index contributed by atoms with van der Waals surface area (Å²) in [5.74, 6) is 1.20. The van der Waals surface area contributed by atoms with Gasteiger partial charge in [0.05, 0.1) is 35.3 Å². The van der Waals surface area contributed by atoms with Crippen LogP contribution < -0.4 is 16.2 Å². The van der Waals surface area contributed by atoms with Gasteiger partial charge in [-0.1, -0.05) is 0 Å². The second kappa shape index (κ2) is 11.1. The molecule has 2 fully saturated rings. The van der Waals surface area contributed by atoms with Crippen LogP contribution in [0.2, 0.25) is 0 Å². The number of ether oxygens (including phenoxy) is 2. The van der Waals surface area contributed by atoms with Gasteiger partial charge in [-0.2, -0.15) is 0 Å². The van der Waals surface area contributed by atoms with E-state index >= 15 is 0 Å². The lowest BCUT2D eigenvalue weighted by Gasteiger charge is -2.39. The Balaban J connectivity index is 1.45. The van der Waals surface area contributed by atoms with E-state index in [0.29, 0.717) is 49.4 Å². The van der Waals surface area contributed by atoms with E-state index in [1.165, 1.54) is 0 Å². The highest BCUT2D eigenvalue weighted by atomic mass is 32.2. The molecule has 0 aliphatic carbocycles. The molecule has 11 heteroatoms. The van der Waals surface area contributed by atoms with Gasteiger partial charge in [-0.15, -0.1) is 0 Å². The van der Waals surface area contributed by atoms with Gasteiger partial charge in [-0.25, -0.2) is 13.4 Å². The molecule has 0 bridgehead atoms. The van der Waals surface area contributed by atoms with E-state index in [4.69, 9.17) is 14.5 Å². The Morgan fingerprint density at radius 3 is 2.58 bits per heavy atom. The molecule has 0 unspecified atom stereocenters. The van der Waals surface area contributed by atoms with Gasteiger partial charge in [0.2, 0.25) is 0 Å². The summed E-state index contributed by atoms with van der Waals surface area (Å²) in [7, 11) is -1.25. The van der Waals surface area contributed by atoms with Crippen LogP contribution in [0.1, 0.15) is 24.0 Å². The minimum Gasteiger partial charge on any atom is -0.378 e. The number of nitrogens with zero attached hydrogens (tertiary/aromatic N) is 2. The van der Waals surface area contributed by atoms with E-state index in [2.05, 4.69) is 20.6 Å². The monoisotopic (exact) mass is 541 g/mol. The first kappa shape index (κ1) is 26.7. The van der Waals surface area contributed by atoms with Gasteiger partial charge in [0, 0.05) is 67.5 Å². The smallest absolute Gasteiger partial charge is 0.251 e. The van der Waals surface area contributed by atoms with Crippen molar-refractivity contribution >= 4 is 26.6 Å². The lowest BCUT2D eigenvalue weighted by Crippen LogP contribution is -2.58. The van der Waals surface area contributed by atoms with Crippen molar-refractivity contribution in [3.63, 3.8) is 0 Å². The molecule has 3 N–H and O–H groups in total. The Kier molecular flexibility index (Phi) is 7.80. The molecule has 0 saturated carbocycles. The number of rotatable bonds is 7. The van der Waals surface area contributed by atoms with Gasteiger partial charge < -0.3 is 25.1 Å². The van der Waals surface area contributed by atoms with Gasteiger partial charge in [0.1, 0.15) is 9.84 Å². The lowest BCUT2D eigenvalue weighted by molar-refractivity contribution is -0.0415. The molecule has 10 nitrogen and oxygen atoms in total. The number of aromatic nitrogens is 3. The van der Waals surface area contributed by atoms with Crippen molar-refractivity contribution < 1.29 is 17.9 Å². The van der Waals surface area contributed by atoms with Crippen LogP contribution in [0.5, 0.6) is 0 Å². The molecule has 2 aliphatic heterocycles. The largest absolute Gasteiger partial charge is 0.378 e. The highest BCUT2D eigenvalue weighted by molar-refractivity contribution is 7.91. The van der Waals surface area contributed by atoms with Gasteiger partial charge in [-0.05, 0) is 50.3 Å². The number of aryl methyl sites for hydroxylation is 2. The molecule has 0 radical (unpaired) electrons. The molecular formula is C27H35N5O5S. The maximum atomic E-state index is 12.7. The predicted octanol–water partition coefficient (Wildman–Crippen LogP) is 2.21. The molecular weight excluding hydrogens is 506 g/mol. The highest BCUT2D eigenvalue weighted by Gasteiger charge is 2.36. The first-order valence-electron chi connectivity index (χ1n) is 13.0. The number of sulfone groups is 1. The topological polar surface area (TPSA) is 135 Å². The summed E-state index contributed by atoms with van der Waals surface area (Å²) in [5, 5.41) is 7.77. The number of hydrogen-bond donors (Lipinski definition) is 3. The normalized spacial score (nSPS) is 23.9. The van der Waals surface area contributed by atoms with E-state index in [1.54, 1.807) is 32.6 Å². The number of piperidine rings is 1. The molecule has 3 aromatic heterocycles. The lowest BCUT2D eigenvalue weighted by atomic mass is 9.98. The minimum absolute atomic E-state index is 0.171. The molecule has 3 aromatic rings. The molecule has 2 saturated heterocycles. The third-order valence-electron chi connectivity index (χ3n) is 7.58. The molecule has 5 heterocycles. The van der Waals surface area contributed by atoms with Crippen molar-refractivity contribution in [1.29, 1.82) is 0 Å². The highest BCUT2D eigenvalue weighted by Crippen LogP contribution is 2.32. The van der Waals surface area contributed by atoms with Crippen molar-refractivity contribution in [2.45, 2.75) is 44.9 Å². The van der Waals surface area contributed by atoms with E-state index in [1.807, 2.05) is 19.1 Å². The Morgan fingerprint density at radius 2 is 1.84 bits per heavy atom. The van der Waals surface area contributed by atoms with E-state index < -0.39 is 9.84 Å². The van der Waals surface area contributed by atoms with Crippen LogP contribution in [0.25, 0.3) is 22.0 Å². The Labute approximate surface area is 222 Å². The van der Waals surface area contributed by atoms with Crippen molar-refractivity contribution in [3.8, 4) is 11.1 Å². The number of nitrogens with one attached hydrogen (secondary N) is 3. The fraction of sp³-hybridized carbons (Fsp3) is 0.519. The molecule has 204 valence electrons. The quantitative estimate of drug-likeness (QED) is 0.411. The van der Waals surface area contributed by atoms with Crippen LogP contribution in [0.4, 0.5) is 5.82 Å². The second-order valence-electron chi connectivity index (χ2n) is 10.4. The van der Waals surface area contributed by atoms with Crippen molar-refractivity contribution in [3.05, 3.63) is 52.2 Å². The zero-order valence-corrected chi connectivity index (χ0v) is 22.8. The van der Waals surface area contributed by atoms with Crippen LogP contribution in [0.3, 0.4) is 0 Å². The molecule has 0 amide bonds. The molecule has 0 aromatic carbocycles. The fourth-order valence-electron chi connectivity index (χ4n) is 5.30. The number of hydrogen-bond acceptors (Lipinski definition) is 9. The number of aromatic amines is 1. The van der Waals surface area contributed by atoms with Gasteiger partial charge in [0.15, 0.2) is 5.82 Å². The number of methoxy groups -OCH3 is 1. The summed E-state index contributed by atoms with van der Waals surface area (Å²) in [5.41, 5.74) is 3.90. The average Bonchev–Trinajstić information content (AvgIpc) is 2.89. The average molecular weight is 542 g/mol. The summed E-state index contributed by atoms with van der Waals surface area (Å²) in [4.78, 5) is 24.8. The molecule has 3 atom stereocenters. The van der Waals surface area contributed by atoms with Crippen LogP contribution in [-0.2, 0) is 19.3 Å². The second-order valence-corrected chi connectivity index (χ2v) is 12.7. The molecule has 2 aliphatic rings. The Hall–Kier alpha value is -2.86. The van der Waals surface area contributed by atoms with Crippen LogP contribution in [-0.4, -0.2) is 79.9 Å². The van der Waals surface area contributed by atoms with E-state index in [9.17, 15) is 13.2 Å². The molecule has 0 spiro atoms. The first-order chi connectivity index (χ1) is 18.2. The van der Waals surface area contributed by atoms with Gasteiger partial charge in [0.25, 0.3) is 5.56 Å². The third kappa shape index (κ3) is 5.75. The number of anilines is 1. The van der Waals surface area contributed by atoms with E-state index in [-0.39, 0.29) is 41.2 Å².